The molecule has 0 saturated heterocycles. The normalized spacial score (nSPS) is 13.2. The van der Waals surface area contributed by atoms with Crippen LogP contribution in [0.1, 0.15) is 0 Å². The van der Waals surface area contributed by atoms with Crippen LogP contribution < -0.4 is 5.90 Å². The zero-order valence-electron chi connectivity index (χ0n) is 11.9. The van der Waals surface area contributed by atoms with E-state index in [0.29, 0.717) is 19.6 Å². The average molecular weight is 349 g/mol. The summed E-state index contributed by atoms with van der Waals surface area (Å²) in [6, 6.07) is 0. The topological polar surface area (TPSA) is 150 Å². The van der Waals surface area contributed by atoms with Crippen LogP contribution in [0.15, 0.2) is 0 Å². The molecule has 0 bridgehead atoms. The minimum Gasteiger partial charge on any atom is -0.304 e. The Balaban J connectivity index is 4.20. The van der Waals surface area contributed by atoms with Crippen LogP contribution in [0, 0.1) is 0 Å². The Kier molecular flexibility index (Phi) is 9.48. The molecule has 0 amide bonds. The first-order chi connectivity index (χ1) is 9.53. The summed E-state index contributed by atoms with van der Waals surface area (Å²) in [7, 11) is -6.39. The number of rotatable bonds is 12. The maximum atomic E-state index is 10.7. The Bertz CT molecular complexity index is 480. The van der Waals surface area contributed by atoms with Crippen LogP contribution in [-0.2, 0) is 25.1 Å². The van der Waals surface area contributed by atoms with Crippen LogP contribution >= 0.6 is 0 Å². The summed E-state index contributed by atoms with van der Waals surface area (Å²) >= 11 is 0. The summed E-state index contributed by atoms with van der Waals surface area (Å²) in [5.74, 6) is 4.13. The van der Waals surface area contributed by atoms with Gasteiger partial charge in [0.05, 0.1) is 18.1 Å². The molecule has 0 radical (unpaired) electrons. The zero-order valence-corrected chi connectivity index (χ0v) is 13.5. The van der Waals surface area contributed by atoms with Crippen LogP contribution in [0.5, 0.6) is 0 Å². The molecule has 12 heteroatoms. The third kappa shape index (κ3) is 14.4. The highest BCUT2D eigenvalue weighted by Crippen LogP contribution is 1.94. The SMILES string of the molecule is CN(CCN(CCON)CCS(=O)(=O)O)CCS(=O)(=O)O. The monoisotopic (exact) mass is 349 g/mol. The third-order valence-electron chi connectivity index (χ3n) is 2.72. The fourth-order valence-corrected chi connectivity index (χ4v) is 2.49. The molecule has 0 unspecified atom stereocenters. The van der Waals surface area contributed by atoms with Gasteiger partial charge in [-0.1, -0.05) is 0 Å². The summed E-state index contributed by atoms with van der Waals surface area (Å²) in [4.78, 5) is 7.81. The van der Waals surface area contributed by atoms with Crippen molar-refractivity contribution in [3.8, 4) is 0 Å². The van der Waals surface area contributed by atoms with Gasteiger partial charge in [-0.15, -0.1) is 0 Å². The first-order valence-corrected chi connectivity index (χ1v) is 9.38. The van der Waals surface area contributed by atoms with E-state index in [1.807, 2.05) is 0 Å². The van der Waals surface area contributed by atoms with Gasteiger partial charge in [0.1, 0.15) is 0 Å². The lowest BCUT2D eigenvalue weighted by molar-refractivity contribution is 0.104. The number of likely N-dealkylation sites (N-methyl/N-ethyl adjacent to an activating group) is 1. The van der Waals surface area contributed by atoms with Crippen molar-refractivity contribution in [2.45, 2.75) is 0 Å². The predicted octanol–water partition coefficient (Wildman–Crippen LogP) is -2.11. The first-order valence-electron chi connectivity index (χ1n) is 6.16. The highest BCUT2D eigenvalue weighted by Gasteiger charge is 2.12. The van der Waals surface area contributed by atoms with E-state index in [-0.39, 0.29) is 25.4 Å². The van der Waals surface area contributed by atoms with Gasteiger partial charge in [0.25, 0.3) is 20.2 Å². The van der Waals surface area contributed by atoms with Crippen molar-refractivity contribution in [2.24, 2.45) is 5.90 Å². The predicted molar refractivity (Wildman–Crippen MR) is 76.9 cm³/mol. The fourth-order valence-electron chi connectivity index (χ4n) is 1.46. The van der Waals surface area contributed by atoms with E-state index in [1.54, 1.807) is 16.8 Å². The highest BCUT2D eigenvalue weighted by atomic mass is 32.2. The Hall–Kier alpha value is -0.340. The summed E-state index contributed by atoms with van der Waals surface area (Å²) in [6.45, 7) is 1.71. The Labute approximate surface area is 125 Å². The van der Waals surface area contributed by atoms with E-state index in [0.717, 1.165) is 0 Å². The number of nitrogens with two attached hydrogens (primary N) is 1. The van der Waals surface area contributed by atoms with Gasteiger partial charge < -0.3 is 9.74 Å². The second kappa shape index (κ2) is 9.63. The molecule has 4 N–H and O–H groups in total. The quantitative estimate of drug-likeness (QED) is 0.264. The van der Waals surface area contributed by atoms with E-state index in [4.69, 9.17) is 15.0 Å². The van der Waals surface area contributed by atoms with Gasteiger partial charge in [-0.25, -0.2) is 5.90 Å². The van der Waals surface area contributed by atoms with Crippen LogP contribution in [0.2, 0.25) is 0 Å². The van der Waals surface area contributed by atoms with Gasteiger partial charge in [0.2, 0.25) is 0 Å². The van der Waals surface area contributed by atoms with Crippen molar-refractivity contribution < 1.29 is 30.8 Å². The molecule has 0 heterocycles. The minimum absolute atomic E-state index is 0.105. The summed E-state index contributed by atoms with van der Waals surface area (Å²) in [5.41, 5.74) is 0. The van der Waals surface area contributed by atoms with Gasteiger partial charge in [-0.3, -0.25) is 14.0 Å². The molecule has 0 aromatic carbocycles. The fraction of sp³-hybridized carbons (Fsp3) is 1.00. The number of nitrogens with zero attached hydrogens (tertiary/aromatic N) is 2. The van der Waals surface area contributed by atoms with Gasteiger partial charge in [0, 0.05) is 32.7 Å². The van der Waals surface area contributed by atoms with E-state index in [2.05, 4.69) is 4.84 Å². The highest BCUT2D eigenvalue weighted by molar-refractivity contribution is 7.86. The van der Waals surface area contributed by atoms with Crippen molar-refractivity contribution in [2.75, 3.05) is 57.9 Å². The molecule has 0 aromatic rings. The number of hydrogen-bond acceptors (Lipinski definition) is 8. The Morgan fingerprint density at radius 3 is 1.90 bits per heavy atom. The molecular formula is C9H23N3O7S2. The zero-order chi connectivity index (χ0) is 16.5. The molecule has 0 aliphatic carbocycles. The van der Waals surface area contributed by atoms with Crippen molar-refractivity contribution in [3.05, 3.63) is 0 Å². The third-order valence-corrected chi connectivity index (χ3v) is 4.12. The largest absolute Gasteiger partial charge is 0.304 e. The Morgan fingerprint density at radius 1 is 0.905 bits per heavy atom. The molecule has 0 spiro atoms. The second-order valence-corrected chi connectivity index (χ2v) is 7.73. The molecule has 21 heavy (non-hydrogen) atoms. The summed E-state index contributed by atoms with van der Waals surface area (Å²) in [5, 5.41) is 0. The van der Waals surface area contributed by atoms with Crippen molar-refractivity contribution >= 4 is 20.2 Å². The summed E-state index contributed by atoms with van der Waals surface area (Å²) in [6.07, 6.45) is 0. The lowest BCUT2D eigenvalue weighted by Gasteiger charge is -2.24. The van der Waals surface area contributed by atoms with Crippen LogP contribution in [0.4, 0.5) is 0 Å². The smallest absolute Gasteiger partial charge is 0.266 e. The van der Waals surface area contributed by atoms with Crippen LogP contribution in [0.25, 0.3) is 0 Å². The molecule has 0 aromatic heterocycles. The lowest BCUT2D eigenvalue weighted by Crippen LogP contribution is -2.39. The van der Waals surface area contributed by atoms with E-state index < -0.39 is 26.0 Å². The molecule has 10 nitrogen and oxygen atoms in total. The standard InChI is InChI=1S/C9H23N3O7S2/c1-11(5-8-20(13,14)15)2-3-12(4-7-19-10)6-9-21(16,17)18/h2-10H2,1H3,(H,13,14,15)(H,16,17,18). The second-order valence-electron chi connectivity index (χ2n) is 4.59. The number of hydrogen-bond donors (Lipinski definition) is 3. The van der Waals surface area contributed by atoms with E-state index >= 15 is 0 Å². The van der Waals surface area contributed by atoms with E-state index in [9.17, 15) is 16.8 Å². The molecule has 0 aliphatic rings. The molecule has 0 saturated carbocycles. The van der Waals surface area contributed by atoms with Gasteiger partial charge >= 0.3 is 0 Å². The van der Waals surface area contributed by atoms with Crippen LogP contribution in [0.3, 0.4) is 0 Å². The Morgan fingerprint density at radius 2 is 1.43 bits per heavy atom. The van der Waals surface area contributed by atoms with Gasteiger partial charge in [-0.2, -0.15) is 16.8 Å². The minimum atomic E-state index is -4.05. The molecule has 0 aliphatic heterocycles. The molecule has 128 valence electrons. The molecule has 0 atom stereocenters. The van der Waals surface area contributed by atoms with Crippen molar-refractivity contribution in [1.82, 2.24) is 9.80 Å². The molecule has 0 rings (SSSR count). The first kappa shape index (κ1) is 20.7. The van der Waals surface area contributed by atoms with Crippen LogP contribution in [-0.4, -0.2) is 93.6 Å². The van der Waals surface area contributed by atoms with Crippen molar-refractivity contribution in [3.63, 3.8) is 0 Å². The molecule has 0 fully saturated rings. The average Bonchev–Trinajstić information content (AvgIpc) is 2.33. The lowest BCUT2D eigenvalue weighted by atomic mass is 10.4. The maximum absolute atomic E-state index is 10.7. The van der Waals surface area contributed by atoms with Gasteiger partial charge in [0.15, 0.2) is 0 Å². The molecular weight excluding hydrogens is 326 g/mol. The maximum Gasteiger partial charge on any atom is 0.266 e. The van der Waals surface area contributed by atoms with Crippen molar-refractivity contribution in [1.29, 1.82) is 0 Å². The van der Waals surface area contributed by atoms with Gasteiger partial charge in [-0.05, 0) is 7.05 Å². The van der Waals surface area contributed by atoms with E-state index in [1.165, 1.54) is 0 Å². The summed E-state index contributed by atoms with van der Waals surface area (Å²) < 4.78 is 60.1.